The van der Waals surface area contributed by atoms with Crippen LogP contribution < -0.4 is 11.3 Å². The summed E-state index contributed by atoms with van der Waals surface area (Å²) in [5, 5.41) is 0.709. The van der Waals surface area contributed by atoms with Gasteiger partial charge in [-0.25, -0.2) is 0 Å². The number of nitrogen functional groups attached to an aromatic ring is 1. The van der Waals surface area contributed by atoms with E-state index in [2.05, 4.69) is 5.43 Å². The number of hydrogen-bond donors (Lipinski definition) is 2. The van der Waals surface area contributed by atoms with E-state index in [0.29, 0.717) is 5.02 Å². The van der Waals surface area contributed by atoms with E-state index in [1.165, 1.54) is 0 Å². The number of rotatable bonds is 1. The van der Waals surface area contributed by atoms with Crippen LogP contribution in [0.1, 0.15) is 11.1 Å². The summed E-state index contributed by atoms with van der Waals surface area (Å²) in [5.41, 5.74) is 5.76. The summed E-state index contributed by atoms with van der Waals surface area (Å²) < 4.78 is 0. The van der Waals surface area contributed by atoms with Crippen molar-refractivity contribution < 1.29 is 0 Å². The normalized spacial score (nSPS) is 9.82. The molecule has 0 aliphatic rings. The van der Waals surface area contributed by atoms with Crippen LogP contribution in [-0.4, -0.2) is 0 Å². The third-order valence-electron chi connectivity index (χ3n) is 1.79. The zero-order chi connectivity index (χ0) is 8.43. The fourth-order valence-corrected chi connectivity index (χ4v) is 1.24. The zero-order valence-electron chi connectivity index (χ0n) is 6.61. The number of nitrogens with one attached hydrogen (secondary N) is 1. The average Bonchev–Trinajstić information content (AvgIpc) is 1.96. The summed E-state index contributed by atoms with van der Waals surface area (Å²) in [6, 6.07) is 3.72. The molecule has 0 saturated carbocycles. The van der Waals surface area contributed by atoms with Crippen LogP contribution in [-0.2, 0) is 0 Å². The van der Waals surface area contributed by atoms with Gasteiger partial charge < -0.3 is 5.43 Å². The molecule has 2 nitrogen and oxygen atoms in total. The molecule has 0 aliphatic carbocycles. The van der Waals surface area contributed by atoms with Crippen molar-refractivity contribution in [3.05, 3.63) is 28.3 Å². The molecule has 3 heteroatoms. The third-order valence-corrected chi connectivity index (χ3v) is 2.01. The van der Waals surface area contributed by atoms with Crippen LogP contribution in [0, 0.1) is 13.8 Å². The maximum absolute atomic E-state index is 5.81. The van der Waals surface area contributed by atoms with E-state index in [4.69, 9.17) is 17.4 Å². The second-order valence-corrected chi connectivity index (χ2v) is 2.98. The highest BCUT2D eigenvalue weighted by Gasteiger charge is 2.00. The molecular weight excluding hydrogens is 160 g/mol. The lowest BCUT2D eigenvalue weighted by atomic mass is 10.1. The van der Waals surface area contributed by atoms with Crippen LogP contribution in [0.25, 0.3) is 0 Å². The Kier molecular flexibility index (Phi) is 2.37. The topological polar surface area (TPSA) is 38.0 Å². The molecule has 0 radical (unpaired) electrons. The molecule has 3 N–H and O–H groups in total. The Hall–Kier alpha value is -0.730. The maximum atomic E-state index is 5.81. The van der Waals surface area contributed by atoms with Gasteiger partial charge in [0.1, 0.15) is 0 Å². The number of anilines is 1. The molecule has 1 rings (SSSR count). The second-order valence-electron chi connectivity index (χ2n) is 2.54. The first-order valence-corrected chi connectivity index (χ1v) is 3.76. The van der Waals surface area contributed by atoms with Crippen LogP contribution >= 0.6 is 11.6 Å². The summed E-state index contributed by atoms with van der Waals surface area (Å²) in [4.78, 5) is 0. The van der Waals surface area contributed by atoms with Gasteiger partial charge in [0.05, 0.1) is 5.69 Å². The third kappa shape index (κ3) is 1.64. The predicted molar refractivity (Wildman–Crippen MR) is 48.7 cm³/mol. The molecule has 0 atom stereocenters. The number of hydrazine groups is 1. The minimum atomic E-state index is 0.709. The minimum Gasteiger partial charge on any atom is -0.324 e. The van der Waals surface area contributed by atoms with E-state index in [1.54, 1.807) is 0 Å². The van der Waals surface area contributed by atoms with Gasteiger partial charge in [0.25, 0.3) is 0 Å². The number of nitrogens with two attached hydrogens (primary N) is 1. The van der Waals surface area contributed by atoms with E-state index in [0.717, 1.165) is 16.8 Å². The lowest BCUT2D eigenvalue weighted by molar-refractivity contribution is 1.27. The molecule has 60 valence electrons. The minimum absolute atomic E-state index is 0.709. The monoisotopic (exact) mass is 170 g/mol. The molecule has 0 fully saturated rings. The largest absolute Gasteiger partial charge is 0.324 e. The van der Waals surface area contributed by atoms with Crippen LogP contribution in [0.15, 0.2) is 12.1 Å². The van der Waals surface area contributed by atoms with Gasteiger partial charge in [-0.1, -0.05) is 11.6 Å². The molecule has 0 amide bonds. The SMILES string of the molecule is Cc1cc(Cl)cc(NN)c1C. The van der Waals surface area contributed by atoms with Crippen molar-refractivity contribution in [2.24, 2.45) is 5.84 Å². The van der Waals surface area contributed by atoms with Crippen molar-refractivity contribution >= 4 is 17.3 Å². The van der Waals surface area contributed by atoms with Crippen molar-refractivity contribution in [1.29, 1.82) is 0 Å². The Morgan fingerprint density at radius 2 is 2.00 bits per heavy atom. The van der Waals surface area contributed by atoms with Gasteiger partial charge in [-0.05, 0) is 37.1 Å². The summed E-state index contributed by atoms with van der Waals surface area (Å²) in [6.45, 7) is 4.00. The first kappa shape index (κ1) is 8.37. The van der Waals surface area contributed by atoms with E-state index < -0.39 is 0 Å². The molecular formula is C8H11ClN2. The first-order chi connectivity index (χ1) is 5.15. The highest BCUT2D eigenvalue weighted by atomic mass is 35.5. The molecule has 1 aromatic carbocycles. The molecule has 11 heavy (non-hydrogen) atoms. The standard InChI is InChI=1S/C8H11ClN2/c1-5-3-7(9)4-8(11-10)6(5)2/h3-4,11H,10H2,1-2H3. The molecule has 0 aliphatic heterocycles. The Morgan fingerprint density at radius 3 is 2.55 bits per heavy atom. The molecule has 0 heterocycles. The summed E-state index contributed by atoms with van der Waals surface area (Å²) in [6.07, 6.45) is 0. The fraction of sp³-hybridized carbons (Fsp3) is 0.250. The fourth-order valence-electron chi connectivity index (χ4n) is 0.965. The number of benzene rings is 1. The molecule has 1 aromatic rings. The van der Waals surface area contributed by atoms with Gasteiger partial charge >= 0.3 is 0 Å². The van der Waals surface area contributed by atoms with Gasteiger partial charge in [0.2, 0.25) is 0 Å². The lowest BCUT2D eigenvalue weighted by Gasteiger charge is -2.07. The van der Waals surface area contributed by atoms with Crippen LogP contribution in [0.3, 0.4) is 0 Å². The molecule has 0 unspecified atom stereocenters. The van der Waals surface area contributed by atoms with Crippen LogP contribution in [0.2, 0.25) is 5.02 Å². The van der Waals surface area contributed by atoms with E-state index in [1.807, 2.05) is 26.0 Å². The Labute approximate surface area is 71.3 Å². The highest BCUT2D eigenvalue weighted by Crippen LogP contribution is 2.22. The van der Waals surface area contributed by atoms with Crippen molar-refractivity contribution in [3.63, 3.8) is 0 Å². The highest BCUT2D eigenvalue weighted by molar-refractivity contribution is 6.31. The first-order valence-electron chi connectivity index (χ1n) is 3.38. The van der Waals surface area contributed by atoms with Crippen molar-refractivity contribution in [3.8, 4) is 0 Å². The van der Waals surface area contributed by atoms with Gasteiger partial charge in [-0.3, -0.25) is 5.84 Å². The molecule has 0 saturated heterocycles. The van der Waals surface area contributed by atoms with Crippen molar-refractivity contribution in [1.82, 2.24) is 0 Å². The molecule has 0 bridgehead atoms. The van der Waals surface area contributed by atoms with Gasteiger partial charge in [0.15, 0.2) is 0 Å². The smallest absolute Gasteiger partial charge is 0.0531 e. The average molecular weight is 171 g/mol. The van der Waals surface area contributed by atoms with Gasteiger partial charge in [-0.15, -0.1) is 0 Å². The Balaban J connectivity index is 3.24. The Bertz CT molecular complexity index is 271. The quantitative estimate of drug-likeness (QED) is 0.501. The van der Waals surface area contributed by atoms with E-state index in [-0.39, 0.29) is 0 Å². The van der Waals surface area contributed by atoms with E-state index >= 15 is 0 Å². The summed E-state index contributed by atoms with van der Waals surface area (Å²) in [7, 11) is 0. The Morgan fingerprint density at radius 1 is 1.36 bits per heavy atom. The van der Waals surface area contributed by atoms with Crippen LogP contribution in [0.5, 0.6) is 0 Å². The zero-order valence-corrected chi connectivity index (χ0v) is 7.37. The predicted octanol–water partition coefficient (Wildman–Crippen LogP) is 2.24. The van der Waals surface area contributed by atoms with E-state index in [9.17, 15) is 0 Å². The van der Waals surface area contributed by atoms with Crippen LogP contribution in [0.4, 0.5) is 5.69 Å². The van der Waals surface area contributed by atoms with Crippen molar-refractivity contribution in [2.75, 3.05) is 5.43 Å². The maximum Gasteiger partial charge on any atom is 0.0531 e. The summed E-state index contributed by atoms with van der Waals surface area (Å²) in [5.74, 6) is 5.28. The van der Waals surface area contributed by atoms with Gasteiger partial charge in [0, 0.05) is 5.02 Å². The summed E-state index contributed by atoms with van der Waals surface area (Å²) >= 11 is 5.81. The second kappa shape index (κ2) is 3.11. The number of halogens is 1. The lowest BCUT2D eigenvalue weighted by Crippen LogP contribution is -2.08. The van der Waals surface area contributed by atoms with Crippen molar-refractivity contribution in [2.45, 2.75) is 13.8 Å². The molecule has 0 aromatic heterocycles. The molecule has 0 spiro atoms. The van der Waals surface area contributed by atoms with Gasteiger partial charge in [-0.2, -0.15) is 0 Å². The number of aryl methyl sites for hydroxylation is 1. The number of hydrogen-bond acceptors (Lipinski definition) is 2.